The molecule has 0 amide bonds. The number of para-hydroxylation sites is 1. The van der Waals surface area contributed by atoms with E-state index in [9.17, 15) is 5.11 Å². The zero-order chi connectivity index (χ0) is 13.8. The van der Waals surface area contributed by atoms with Crippen LogP contribution < -0.4 is 5.32 Å². The van der Waals surface area contributed by atoms with Crippen LogP contribution in [0.3, 0.4) is 0 Å². The van der Waals surface area contributed by atoms with Crippen molar-refractivity contribution in [1.29, 1.82) is 0 Å². The summed E-state index contributed by atoms with van der Waals surface area (Å²) >= 11 is 1.73. The molecule has 0 spiro atoms. The fourth-order valence-electron chi connectivity index (χ4n) is 2.96. The van der Waals surface area contributed by atoms with Crippen molar-refractivity contribution in [2.75, 3.05) is 6.54 Å². The topological polar surface area (TPSA) is 45.1 Å². The molecule has 2 N–H and O–H groups in total. The second-order valence-corrected chi connectivity index (χ2v) is 6.93. The molecule has 0 atom stereocenters. The third kappa shape index (κ3) is 3.37. The van der Waals surface area contributed by atoms with Crippen LogP contribution in [0.1, 0.15) is 43.5 Å². The van der Waals surface area contributed by atoms with E-state index in [1.165, 1.54) is 17.5 Å². The van der Waals surface area contributed by atoms with E-state index in [1.54, 1.807) is 11.3 Å². The zero-order valence-electron chi connectivity index (χ0n) is 11.8. The lowest BCUT2D eigenvalue weighted by Gasteiger charge is -2.26. The van der Waals surface area contributed by atoms with E-state index in [0.29, 0.717) is 6.54 Å². The van der Waals surface area contributed by atoms with Crippen molar-refractivity contribution in [1.82, 2.24) is 10.3 Å². The summed E-state index contributed by atoms with van der Waals surface area (Å²) in [4.78, 5) is 4.61. The van der Waals surface area contributed by atoms with E-state index < -0.39 is 5.60 Å². The Kier molecular flexibility index (Phi) is 4.34. The van der Waals surface area contributed by atoms with Gasteiger partial charge in [-0.2, -0.15) is 0 Å². The predicted molar refractivity (Wildman–Crippen MR) is 84.0 cm³/mol. The zero-order valence-corrected chi connectivity index (χ0v) is 12.6. The highest BCUT2D eigenvalue weighted by Crippen LogP contribution is 2.26. The molecule has 1 heterocycles. The molecule has 3 nitrogen and oxygen atoms in total. The molecule has 0 unspecified atom stereocenters. The monoisotopic (exact) mass is 290 g/mol. The maximum Gasteiger partial charge on any atom is 0.108 e. The van der Waals surface area contributed by atoms with E-state index in [4.69, 9.17) is 0 Å². The van der Waals surface area contributed by atoms with Crippen LogP contribution in [0.4, 0.5) is 0 Å². The lowest BCUT2D eigenvalue weighted by atomic mass is 9.94. The second-order valence-electron chi connectivity index (χ2n) is 5.82. The molecule has 4 heteroatoms. The molecule has 1 aliphatic carbocycles. The molecular formula is C16H22N2OS. The number of nitrogens with one attached hydrogen (secondary N) is 1. The van der Waals surface area contributed by atoms with Crippen LogP contribution in [0.5, 0.6) is 0 Å². The standard InChI is InChI=1S/C16H22N2OS/c19-16(9-5-1-2-6-10-16)12-17-11-15-18-13-7-3-4-8-14(13)20-15/h3-4,7-8,17,19H,1-2,5-6,9-12H2. The fourth-order valence-corrected chi connectivity index (χ4v) is 3.90. The highest BCUT2D eigenvalue weighted by atomic mass is 32.1. The minimum atomic E-state index is -0.507. The lowest BCUT2D eigenvalue weighted by molar-refractivity contribution is 0.0250. The van der Waals surface area contributed by atoms with Crippen molar-refractivity contribution in [2.45, 2.75) is 50.7 Å². The molecular weight excluding hydrogens is 268 g/mol. The van der Waals surface area contributed by atoms with Gasteiger partial charge in [0.25, 0.3) is 0 Å². The number of rotatable bonds is 4. The van der Waals surface area contributed by atoms with E-state index in [0.717, 1.165) is 42.8 Å². The van der Waals surface area contributed by atoms with Crippen molar-refractivity contribution >= 4 is 21.6 Å². The van der Waals surface area contributed by atoms with E-state index >= 15 is 0 Å². The Labute approximate surface area is 124 Å². The quantitative estimate of drug-likeness (QED) is 0.848. The molecule has 0 bridgehead atoms. The first-order valence-corrected chi connectivity index (χ1v) is 8.34. The number of fused-ring (bicyclic) bond motifs is 1. The van der Waals surface area contributed by atoms with E-state index in [2.05, 4.69) is 16.4 Å². The van der Waals surface area contributed by atoms with Crippen molar-refractivity contribution < 1.29 is 5.11 Å². The van der Waals surface area contributed by atoms with Crippen LogP contribution in [0.2, 0.25) is 0 Å². The predicted octanol–water partition coefficient (Wildman–Crippen LogP) is 3.47. The van der Waals surface area contributed by atoms with E-state index in [1.807, 2.05) is 18.2 Å². The molecule has 2 aromatic rings. The minimum Gasteiger partial charge on any atom is -0.389 e. The van der Waals surface area contributed by atoms with Crippen LogP contribution in [-0.2, 0) is 6.54 Å². The Morgan fingerprint density at radius 3 is 2.65 bits per heavy atom. The maximum atomic E-state index is 10.6. The molecule has 1 fully saturated rings. The Hall–Kier alpha value is -0.970. The Bertz CT molecular complexity index is 525. The summed E-state index contributed by atoms with van der Waals surface area (Å²) in [7, 11) is 0. The van der Waals surface area contributed by atoms with Gasteiger partial charge in [-0.15, -0.1) is 11.3 Å². The van der Waals surface area contributed by atoms with Crippen molar-refractivity contribution in [2.24, 2.45) is 0 Å². The molecule has 108 valence electrons. The fraction of sp³-hybridized carbons (Fsp3) is 0.562. The minimum absolute atomic E-state index is 0.507. The first-order chi connectivity index (χ1) is 9.75. The van der Waals surface area contributed by atoms with Gasteiger partial charge in [0.15, 0.2) is 0 Å². The first-order valence-electron chi connectivity index (χ1n) is 7.53. The normalized spacial score (nSPS) is 19.1. The summed E-state index contributed by atoms with van der Waals surface area (Å²) in [6.07, 6.45) is 6.69. The van der Waals surface area contributed by atoms with Gasteiger partial charge in [0, 0.05) is 13.1 Å². The van der Waals surface area contributed by atoms with Gasteiger partial charge < -0.3 is 10.4 Å². The van der Waals surface area contributed by atoms with E-state index in [-0.39, 0.29) is 0 Å². The van der Waals surface area contributed by atoms with Gasteiger partial charge in [-0.25, -0.2) is 4.98 Å². The van der Waals surface area contributed by atoms with Crippen molar-refractivity contribution in [3.8, 4) is 0 Å². The maximum absolute atomic E-state index is 10.6. The molecule has 1 aromatic heterocycles. The van der Waals surface area contributed by atoms with Gasteiger partial charge in [0.05, 0.1) is 15.8 Å². The summed E-state index contributed by atoms with van der Waals surface area (Å²) in [5, 5.41) is 15.1. The number of aromatic nitrogens is 1. The molecule has 1 saturated carbocycles. The van der Waals surface area contributed by atoms with Crippen LogP contribution in [0, 0.1) is 0 Å². The molecule has 0 saturated heterocycles. The van der Waals surface area contributed by atoms with Crippen molar-refractivity contribution in [3.63, 3.8) is 0 Å². The number of hydrogen-bond donors (Lipinski definition) is 2. The Morgan fingerprint density at radius 1 is 1.15 bits per heavy atom. The van der Waals surface area contributed by atoms with Gasteiger partial charge >= 0.3 is 0 Å². The van der Waals surface area contributed by atoms with Crippen LogP contribution in [0.15, 0.2) is 24.3 Å². The largest absolute Gasteiger partial charge is 0.389 e. The summed E-state index contributed by atoms with van der Waals surface area (Å²) in [6.45, 7) is 1.44. The van der Waals surface area contributed by atoms with Crippen LogP contribution in [-0.4, -0.2) is 22.2 Å². The highest BCUT2D eigenvalue weighted by Gasteiger charge is 2.27. The summed E-state index contributed by atoms with van der Waals surface area (Å²) in [5.74, 6) is 0. The average molecular weight is 290 g/mol. The molecule has 0 aliphatic heterocycles. The second kappa shape index (κ2) is 6.20. The molecule has 1 aromatic carbocycles. The lowest BCUT2D eigenvalue weighted by Crippen LogP contribution is -2.39. The summed E-state index contributed by atoms with van der Waals surface area (Å²) in [6, 6.07) is 8.23. The molecule has 3 rings (SSSR count). The van der Waals surface area contributed by atoms with Crippen molar-refractivity contribution in [3.05, 3.63) is 29.3 Å². The molecule has 0 radical (unpaired) electrons. The third-order valence-corrected chi connectivity index (χ3v) is 5.14. The number of thiazole rings is 1. The first kappa shape index (κ1) is 14.0. The SMILES string of the molecule is OC1(CNCc2nc3ccccc3s2)CCCCCC1. The summed E-state index contributed by atoms with van der Waals surface area (Å²) < 4.78 is 1.23. The van der Waals surface area contributed by atoms with Gasteiger partial charge in [0.2, 0.25) is 0 Å². The highest BCUT2D eigenvalue weighted by molar-refractivity contribution is 7.18. The summed E-state index contributed by atoms with van der Waals surface area (Å²) in [5.41, 5.74) is 0.565. The number of aliphatic hydroxyl groups is 1. The van der Waals surface area contributed by atoms with Crippen LogP contribution >= 0.6 is 11.3 Å². The Morgan fingerprint density at radius 2 is 1.90 bits per heavy atom. The molecule has 1 aliphatic rings. The van der Waals surface area contributed by atoms with Gasteiger partial charge in [-0.05, 0) is 25.0 Å². The van der Waals surface area contributed by atoms with Crippen LogP contribution in [0.25, 0.3) is 10.2 Å². The molecule has 20 heavy (non-hydrogen) atoms. The average Bonchev–Trinajstić information content (AvgIpc) is 2.73. The Balaban J connectivity index is 1.56. The van der Waals surface area contributed by atoms with Gasteiger partial charge in [-0.1, -0.05) is 37.8 Å². The van der Waals surface area contributed by atoms with Gasteiger partial charge in [-0.3, -0.25) is 0 Å². The van der Waals surface area contributed by atoms with Gasteiger partial charge in [0.1, 0.15) is 5.01 Å². The number of benzene rings is 1. The third-order valence-electron chi connectivity index (χ3n) is 4.10. The smallest absolute Gasteiger partial charge is 0.108 e. The number of nitrogens with zero attached hydrogens (tertiary/aromatic N) is 1. The number of hydrogen-bond acceptors (Lipinski definition) is 4.